The van der Waals surface area contributed by atoms with Crippen molar-refractivity contribution in [1.82, 2.24) is 31.1 Å². The summed E-state index contributed by atoms with van der Waals surface area (Å²) in [5.41, 5.74) is 0.103. The van der Waals surface area contributed by atoms with Crippen LogP contribution in [0.2, 0.25) is 0 Å². The van der Waals surface area contributed by atoms with E-state index in [0.717, 1.165) is 12.0 Å². The number of amides is 6. The standard InChI is InChI=1S/C42H68N6O11/c1-11-27(2)36(47(8)35(51)25-43-26-49)33(56-9)24-34(50)48-21-15-19-32(48)37(57-10)28(3)38(52)46-31(23-30-17-13-12-14-18-30)39(53)44-20-16-22-58-40(54)29(4)45-41(55)59-42(5,6)7/h12-14,17-18,26-29,31-33,36-37H,11,15-16,19-25H2,1-10H3,(H,43,49)(H,44,53)(H,45,55)(H,46,52). The van der Waals surface area contributed by atoms with Crippen molar-refractivity contribution in [2.75, 3.05) is 47.5 Å². The van der Waals surface area contributed by atoms with Gasteiger partial charge < -0.3 is 50.0 Å². The number of rotatable bonds is 24. The second kappa shape index (κ2) is 25.0. The molecule has 1 aromatic rings. The maximum absolute atomic E-state index is 14.0. The summed E-state index contributed by atoms with van der Waals surface area (Å²) in [5.74, 6) is -2.81. The highest BCUT2D eigenvalue weighted by Gasteiger charge is 2.42. The minimum absolute atomic E-state index is 0.0156. The van der Waals surface area contributed by atoms with E-state index in [-0.39, 0.29) is 56.7 Å². The SMILES string of the molecule is CCC(C)C(C(CC(=O)N1CCCC1C(OC)C(C)C(=O)NC(Cc1ccccc1)C(=O)NCCCOC(=O)C(C)NC(=O)OC(C)(C)C)OC)N(C)C(=O)CNC=O. The van der Waals surface area contributed by atoms with Crippen LogP contribution < -0.4 is 21.3 Å². The molecule has 2 rings (SSSR count). The third-order valence-electron chi connectivity index (χ3n) is 10.5. The molecule has 8 atom stereocenters. The minimum atomic E-state index is -0.951. The first-order chi connectivity index (χ1) is 27.9. The zero-order chi connectivity index (χ0) is 44.3. The zero-order valence-corrected chi connectivity index (χ0v) is 36.5. The maximum atomic E-state index is 14.0. The Morgan fingerprint density at radius 2 is 1.66 bits per heavy atom. The van der Waals surface area contributed by atoms with Crippen LogP contribution in [0.5, 0.6) is 0 Å². The normalized spacial score (nSPS) is 17.5. The van der Waals surface area contributed by atoms with Gasteiger partial charge >= 0.3 is 12.1 Å². The quantitative estimate of drug-likeness (QED) is 0.0675. The molecule has 0 radical (unpaired) electrons. The van der Waals surface area contributed by atoms with Crippen molar-refractivity contribution in [3.63, 3.8) is 0 Å². The lowest BCUT2D eigenvalue weighted by Crippen LogP contribution is -2.55. The molecule has 0 saturated carbocycles. The first-order valence-electron chi connectivity index (χ1n) is 20.4. The van der Waals surface area contributed by atoms with Crippen LogP contribution in [0.1, 0.15) is 86.1 Å². The molecule has 17 nitrogen and oxygen atoms in total. The average Bonchev–Trinajstić information content (AvgIpc) is 3.68. The van der Waals surface area contributed by atoms with Crippen LogP contribution in [-0.2, 0) is 54.1 Å². The predicted octanol–water partition coefficient (Wildman–Crippen LogP) is 2.34. The number of hydrogen-bond acceptors (Lipinski definition) is 11. The van der Waals surface area contributed by atoms with Crippen LogP contribution in [-0.4, -0.2) is 141 Å². The zero-order valence-electron chi connectivity index (χ0n) is 36.5. The van der Waals surface area contributed by atoms with Gasteiger partial charge in [0.2, 0.25) is 30.0 Å². The number of carbonyl (C=O) groups excluding carboxylic acids is 7. The smallest absolute Gasteiger partial charge is 0.408 e. The Bertz CT molecular complexity index is 1520. The van der Waals surface area contributed by atoms with Crippen molar-refractivity contribution in [2.45, 2.75) is 129 Å². The summed E-state index contributed by atoms with van der Waals surface area (Å²) in [6, 6.07) is 6.48. The first-order valence-corrected chi connectivity index (χ1v) is 20.4. The second-order valence-corrected chi connectivity index (χ2v) is 16.1. The van der Waals surface area contributed by atoms with Crippen LogP contribution >= 0.6 is 0 Å². The van der Waals surface area contributed by atoms with Crippen molar-refractivity contribution < 1.29 is 52.5 Å². The predicted molar refractivity (Wildman–Crippen MR) is 220 cm³/mol. The van der Waals surface area contributed by atoms with Gasteiger partial charge in [-0.25, -0.2) is 9.59 Å². The third-order valence-corrected chi connectivity index (χ3v) is 10.5. The molecule has 1 fully saturated rings. The number of likely N-dealkylation sites (N-methyl/N-ethyl adjacent to an activating group) is 1. The second-order valence-electron chi connectivity index (χ2n) is 16.1. The van der Waals surface area contributed by atoms with Crippen LogP contribution in [0.25, 0.3) is 0 Å². The number of ether oxygens (including phenoxy) is 4. The van der Waals surface area contributed by atoms with Gasteiger partial charge in [0.05, 0.1) is 49.8 Å². The summed E-state index contributed by atoms with van der Waals surface area (Å²) in [5, 5.41) is 10.6. The first kappa shape index (κ1) is 50.4. The van der Waals surface area contributed by atoms with Crippen molar-refractivity contribution >= 4 is 42.1 Å². The van der Waals surface area contributed by atoms with Crippen molar-refractivity contribution in [1.29, 1.82) is 0 Å². The Labute approximate surface area is 349 Å². The van der Waals surface area contributed by atoms with Crippen molar-refractivity contribution in [3.8, 4) is 0 Å². The largest absolute Gasteiger partial charge is 0.464 e. The monoisotopic (exact) mass is 832 g/mol. The van der Waals surface area contributed by atoms with Gasteiger partial charge in [-0.1, -0.05) is 57.5 Å². The summed E-state index contributed by atoms with van der Waals surface area (Å²) < 4.78 is 22.2. The lowest BCUT2D eigenvalue weighted by molar-refractivity contribution is -0.146. The highest BCUT2D eigenvalue weighted by Crippen LogP contribution is 2.29. The Kier molecular flexibility index (Phi) is 21.3. The van der Waals surface area contributed by atoms with E-state index in [2.05, 4.69) is 21.3 Å². The van der Waals surface area contributed by atoms with Gasteiger partial charge in [-0.05, 0) is 58.4 Å². The van der Waals surface area contributed by atoms with Gasteiger partial charge in [0, 0.05) is 40.8 Å². The van der Waals surface area contributed by atoms with Crippen LogP contribution in [0.15, 0.2) is 30.3 Å². The Morgan fingerprint density at radius 3 is 2.25 bits per heavy atom. The van der Waals surface area contributed by atoms with E-state index in [4.69, 9.17) is 18.9 Å². The lowest BCUT2D eigenvalue weighted by atomic mass is 9.90. The highest BCUT2D eigenvalue weighted by atomic mass is 16.6. The fourth-order valence-electron chi connectivity index (χ4n) is 7.19. The molecule has 4 N–H and O–H groups in total. The molecule has 1 aliphatic rings. The van der Waals surface area contributed by atoms with E-state index in [0.29, 0.717) is 25.8 Å². The van der Waals surface area contributed by atoms with Crippen LogP contribution in [0, 0.1) is 11.8 Å². The summed E-state index contributed by atoms with van der Waals surface area (Å²) in [6.45, 7) is 12.7. The van der Waals surface area contributed by atoms with E-state index in [1.165, 1.54) is 26.0 Å². The number of alkyl carbamates (subject to hydrolysis) is 1. The molecule has 0 spiro atoms. The Morgan fingerprint density at radius 1 is 0.983 bits per heavy atom. The van der Waals surface area contributed by atoms with Gasteiger partial charge in [0.15, 0.2) is 0 Å². The van der Waals surface area contributed by atoms with E-state index >= 15 is 0 Å². The topological polar surface area (TPSA) is 211 Å². The fraction of sp³-hybridized carbons (Fsp3) is 0.690. The number of nitrogens with zero attached hydrogens (tertiary/aromatic N) is 2. The molecule has 1 aromatic carbocycles. The van der Waals surface area contributed by atoms with Crippen molar-refractivity contribution in [2.24, 2.45) is 11.8 Å². The average molecular weight is 833 g/mol. The van der Waals surface area contributed by atoms with E-state index < -0.39 is 71.8 Å². The number of carbonyl (C=O) groups is 7. The maximum Gasteiger partial charge on any atom is 0.408 e. The molecule has 0 bridgehead atoms. The van der Waals surface area contributed by atoms with E-state index in [9.17, 15) is 33.6 Å². The summed E-state index contributed by atoms with van der Waals surface area (Å²) >= 11 is 0. The van der Waals surface area contributed by atoms with Gasteiger partial charge in [-0.15, -0.1) is 0 Å². The molecule has 6 amide bonds. The van der Waals surface area contributed by atoms with Gasteiger partial charge in [0.1, 0.15) is 17.7 Å². The molecular formula is C42H68N6O11. The molecule has 0 aromatic heterocycles. The molecule has 59 heavy (non-hydrogen) atoms. The number of nitrogens with one attached hydrogen (secondary N) is 4. The van der Waals surface area contributed by atoms with Gasteiger partial charge in [0.25, 0.3) is 0 Å². The lowest BCUT2D eigenvalue weighted by Gasteiger charge is -2.39. The van der Waals surface area contributed by atoms with Crippen LogP contribution in [0.4, 0.5) is 4.79 Å². The van der Waals surface area contributed by atoms with E-state index in [1.54, 1.807) is 39.6 Å². The van der Waals surface area contributed by atoms with Gasteiger partial charge in [-0.3, -0.25) is 24.0 Å². The molecule has 8 unspecified atom stereocenters. The Balaban J connectivity index is 2.11. The molecule has 1 saturated heterocycles. The van der Waals surface area contributed by atoms with E-state index in [1.807, 2.05) is 44.2 Å². The number of likely N-dealkylation sites (tertiary alicyclic amines) is 1. The molecule has 17 heteroatoms. The summed E-state index contributed by atoms with van der Waals surface area (Å²) in [4.78, 5) is 92.8. The molecule has 0 aliphatic carbocycles. The Hall–Kier alpha value is -4.77. The number of benzene rings is 1. The summed E-state index contributed by atoms with van der Waals surface area (Å²) in [6.07, 6.45) is 0.860. The fourth-order valence-corrected chi connectivity index (χ4v) is 7.19. The van der Waals surface area contributed by atoms with Crippen LogP contribution in [0.3, 0.4) is 0 Å². The number of methoxy groups -OCH3 is 2. The van der Waals surface area contributed by atoms with Crippen molar-refractivity contribution in [3.05, 3.63) is 35.9 Å². The molecule has 1 heterocycles. The number of esters is 1. The summed E-state index contributed by atoms with van der Waals surface area (Å²) in [7, 11) is 4.64. The van der Waals surface area contributed by atoms with Gasteiger partial charge in [-0.2, -0.15) is 0 Å². The molecule has 1 aliphatic heterocycles. The minimum Gasteiger partial charge on any atom is -0.464 e. The molecular weight excluding hydrogens is 764 g/mol. The molecule has 332 valence electrons. The third kappa shape index (κ3) is 16.4. The number of hydrogen-bond donors (Lipinski definition) is 4. The highest BCUT2D eigenvalue weighted by molar-refractivity contribution is 5.89.